The second-order valence-corrected chi connectivity index (χ2v) is 8.05. The number of methoxy groups -OCH3 is 1. The van der Waals surface area contributed by atoms with Gasteiger partial charge in [0.25, 0.3) is 5.91 Å². The van der Waals surface area contributed by atoms with Gasteiger partial charge in [-0.2, -0.15) is 0 Å². The van der Waals surface area contributed by atoms with E-state index < -0.39 is 0 Å². The minimum Gasteiger partial charge on any atom is -0.497 e. The normalized spacial score (nSPS) is 14.8. The van der Waals surface area contributed by atoms with E-state index in [2.05, 4.69) is 32.5 Å². The summed E-state index contributed by atoms with van der Waals surface area (Å²) in [5.41, 5.74) is 2.79. The van der Waals surface area contributed by atoms with Crippen molar-refractivity contribution in [2.75, 3.05) is 12.4 Å². The zero-order valence-electron chi connectivity index (χ0n) is 17.1. The van der Waals surface area contributed by atoms with E-state index in [1.165, 1.54) is 6.33 Å². The van der Waals surface area contributed by atoms with Gasteiger partial charge < -0.3 is 24.8 Å². The maximum Gasteiger partial charge on any atom is 0.255 e. The maximum atomic E-state index is 13.1. The SMILES string of the molecule is COc1ccc2[nH]c(CNC(=O)c3c(C)oc4ncnc(NC5(C)CC5)c34)cc2c1. The number of anilines is 1. The Bertz CT molecular complexity index is 1270. The Morgan fingerprint density at radius 1 is 1.30 bits per heavy atom. The lowest BCUT2D eigenvalue weighted by atomic mass is 10.1. The number of benzene rings is 1. The van der Waals surface area contributed by atoms with Crippen LogP contribution in [0.4, 0.5) is 5.82 Å². The molecule has 0 saturated heterocycles. The van der Waals surface area contributed by atoms with E-state index >= 15 is 0 Å². The summed E-state index contributed by atoms with van der Waals surface area (Å²) in [5.74, 6) is 1.73. The van der Waals surface area contributed by atoms with Crippen LogP contribution in [0.5, 0.6) is 5.75 Å². The molecule has 1 aliphatic rings. The summed E-state index contributed by atoms with van der Waals surface area (Å²) in [7, 11) is 1.64. The first-order valence-corrected chi connectivity index (χ1v) is 9.92. The van der Waals surface area contributed by atoms with Crippen molar-refractivity contribution < 1.29 is 13.9 Å². The monoisotopic (exact) mass is 405 g/mol. The summed E-state index contributed by atoms with van der Waals surface area (Å²) in [6.07, 6.45) is 3.60. The molecule has 4 aromatic rings. The molecule has 1 saturated carbocycles. The topological polar surface area (TPSA) is 105 Å². The van der Waals surface area contributed by atoms with Gasteiger partial charge in [-0.15, -0.1) is 0 Å². The van der Waals surface area contributed by atoms with Crippen molar-refractivity contribution in [2.24, 2.45) is 0 Å². The molecule has 3 heterocycles. The third-order valence-corrected chi connectivity index (χ3v) is 5.63. The van der Waals surface area contributed by atoms with Crippen LogP contribution in [0.25, 0.3) is 22.0 Å². The molecule has 1 amide bonds. The van der Waals surface area contributed by atoms with Crippen LogP contribution in [0.2, 0.25) is 0 Å². The predicted octanol–water partition coefficient (Wildman–Crippen LogP) is 3.92. The van der Waals surface area contributed by atoms with Crippen LogP contribution in [0.3, 0.4) is 0 Å². The summed E-state index contributed by atoms with van der Waals surface area (Å²) < 4.78 is 11.0. The van der Waals surface area contributed by atoms with Gasteiger partial charge in [-0.25, -0.2) is 9.97 Å². The fraction of sp³-hybridized carbons (Fsp3) is 0.318. The average molecular weight is 405 g/mol. The highest BCUT2D eigenvalue weighted by Gasteiger charge is 2.38. The predicted molar refractivity (Wildman–Crippen MR) is 114 cm³/mol. The fourth-order valence-corrected chi connectivity index (χ4v) is 3.67. The van der Waals surface area contributed by atoms with E-state index in [0.29, 0.717) is 34.8 Å². The number of carbonyl (C=O) groups is 1. The average Bonchev–Trinajstić information content (AvgIpc) is 3.16. The third-order valence-electron chi connectivity index (χ3n) is 5.63. The standard InChI is InChI=1S/C22H23N5O3/c1-12-17(18-19(27-22(2)6-7-22)24-11-25-21(18)30-12)20(28)23-10-14-8-13-9-15(29-3)4-5-16(13)26-14/h4-5,8-9,11,26H,6-7,10H2,1-3H3,(H,23,28)(H,24,25,27). The molecule has 8 nitrogen and oxygen atoms in total. The number of nitrogens with one attached hydrogen (secondary N) is 3. The maximum absolute atomic E-state index is 13.1. The fourth-order valence-electron chi connectivity index (χ4n) is 3.67. The molecule has 0 radical (unpaired) electrons. The Balaban J connectivity index is 1.41. The number of furan rings is 1. The van der Waals surface area contributed by atoms with Crippen LogP contribution in [-0.4, -0.2) is 33.5 Å². The van der Waals surface area contributed by atoms with E-state index in [4.69, 9.17) is 9.15 Å². The molecule has 0 unspecified atom stereocenters. The largest absolute Gasteiger partial charge is 0.497 e. The molecule has 0 spiro atoms. The summed E-state index contributed by atoms with van der Waals surface area (Å²) in [6, 6.07) is 7.82. The Kier molecular flexibility index (Phi) is 4.16. The number of amides is 1. The van der Waals surface area contributed by atoms with Crippen molar-refractivity contribution in [1.82, 2.24) is 20.3 Å². The smallest absolute Gasteiger partial charge is 0.255 e. The number of ether oxygens (including phenoxy) is 1. The second-order valence-electron chi connectivity index (χ2n) is 8.05. The number of hydrogen-bond donors (Lipinski definition) is 3. The second kappa shape index (κ2) is 6.76. The van der Waals surface area contributed by atoms with Gasteiger partial charge in [0.05, 0.1) is 24.6 Å². The van der Waals surface area contributed by atoms with Crippen LogP contribution < -0.4 is 15.4 Å². The van der Waals surface area contributed by atoms with Gasteiger partial charge in [-0.3, -0.25) is 4.79 Å². The van der Waals surface area contributed by atoms with Crippen LogP contribution >= 0.6 is 0 Å². The molecule has 5 rings (SSSR count). The number of H-pyrrole nitrogens is 1. The van der Waals surface area contributed by atoms with Crippen molar-refractivity contribution in [3.05, 3.63) is 47.6 Å². The van der Waals surface area contributed by atoms with Crippen molar-refractivity contribution in [2.45, 2.75) is 38.8 Å². The Morgan fingerprint density at radius 2 is 2.13 bits per heavy atom. The number of hydrogen-bond acceptors (Lipinski definition) is 6. The van der Waals surface area contributed by atoms with Gasteiger partial charge in [0.1, 0.15) is 23.7 Å². The molecule has 3 aromatic heterocycles. The zero-order chi connectivity index (χ0) is 20.9. The first-order chi connectivity index (χ1) is 14.5. The van der Waals surface area contributed by atoms with Gasteiger partial charge in [-0.05, 0) is 51.0 Å². The van der Waals surface area contributed by atoms with Gasteiger partial charge in [0, 0.05) is 22.1 Å². The molecular weight excluding hydrogens is 382 g/mol. The number of rotatable bonds is 6. The Labute approximate surface area is 173 Å². The van der Waals surface area contributed by atoms with E-state index in [9.17, 15) is 4.79 Å². The molecule has 30 heavy (non-hydrogen) atoms. The van der Waals surface area contributed by atoms with Gasteiger partial charge in [0.2, 0.25) is 5.71 Å². The first kappa shape index (κ1) is 18.5. The highest BCUT2D eigenvalue weighted by atomic mass is 16.5. The van der Waals surface area contributed by atoms with Crippen molar-refractivity contribution in [3.63, 3.8) is 0 Å². The van der Waals surface area contributed by atoms with Gasteiger partial charge in [0.15, 0.2) is 0 Å². The van der Waals surface area contributed by atoms with Gasteiger partial charge in [-0.1, -0.05) is 0 Å². The van der Waals surface area contributed by atoms with E-state index in [0.717, 1.165) is 35.2 Å². The molecule has 1 fully saturated rings. The molecule has 1 aromatic carbocycles. The van der Waals surface area contributed by atoms with Gasteiger partial charge >= 0.3 is 0 Å². The molecule has 1 aliphatic carbocycles. The first-order valence-electron chi connectivity index (χ1n) is 9.92. The number of fused-ring (bicyclic) bond motifs is 2. The highest BCUT2D eigenvalue weighted by Crippen LogP contribution is 2.40. The quantitative estimate of drug-likeness (QED) is 0.449. The van der Waals surface area contributed by atoms with Crippen LogP contribution in [-0.2, 0) is 6.54 Å². The lowest BCUT2D eigenvalue weighted by Gasteiger charge is -2.13. The van der Waals surface area contributed by atoms with E-state index in [1.54, 1.807) is 14.0 Å². The Hall–Kier alpha value is -3.55. The summed E-state index contributed by atoms with van der Waals surface area (Å²) in [5, 5.41) is 8.08. The Morgan fingerprint density at radius 3 is 2.90 bits per heavy atom. The number of aromatic amines is 1. The van der Waals surface area contributed by atoms with Crippen molar-refractivity contribution in [1.29, 1.82) is 0 Å². The lowest BCUT2D eigenvalue weighted by Crippen LogP contribution is -2.24. The van der Waals surface area contributed by atoms with Crippen molar-refractivity contribution in [3.8, 4) is 5.75 Å². The molecular formula is C22H23N5O3. The number of carbonyl (C=O) groups excluding carboxylic acids is 1. The summed E-state index contributed by atoms with van der Waals surface area (Å²) in [6.45, 7) is 4.27. The van der Waals surface area contributed by atoms with Crippen molar-refractivity contribution >= 4 is 33.7 Å². The molecule has 0 aliphatic heterocycles. The minimum absolute atomic E-state index is 0.0195. The summed E-state index contributed by atoms with van der Waals surface area (Å²) in [4.78, 5) is 25.0. The van der Waals surface area contributed by atoms with Crippen LogP contribution in [0.1, 0.15) is 41.6 Å². The molecule has 8 heteroatoms. The highest BCUT2D eigenvalue weighted by molar-refractivity contribution is 6.10. The number of aryl methyl sites for hydroxylation is 1. The number of nitrogens with zero attached hydrogens (tertiary/aromatic N) is 2. The number of aromatic nitrogens is 3. The van der Waals surface area contributed by atoms with E-state index in [1.807, 2.05) is 24.3 Å². The summed E-state index contributed by atoms with van der Waals surface area (Å²) >= 11 is 0. The third kappa shape index (κ3) is 3.24. The molecule has 154 valence electrons. The lowest BCUT2D eigenvalue weighted by molar-refractivity contribution is 0.0950. The zero-order valence-corrected chi connectivity index (χ0v) is 17.1. The van der Waals surface area contributed by atoms with E-state index in [-0.39, 0.29) is 11.4 Å². The van der Waals surface area contributed by atoms with Crippen LogP contribution in [0.15, 0.2) is 35.0 Å². The minimum atomic E-state index is -0.221. The molecule has 3 N–H and O–H groups in total. The molecule has 0 atom stereocenters. The van der Waals surface area contributed by atoms with Crippen LogP contribution in [0, 0.1) is 6.92 Å². The molecule has 0 bridgehead atoms.